The van der Waals surface area contributed by atoms with Crippen molar-refractivity contribution >= 4 is 29.5 Å². The number of nitrogens with one attached hydrogen (secondary N) is 1. The van der Waals surface area contributed by atoms with Gasteiger partial charge in [-0.3, -0.25) is 9.59 Å². The minimum absolute atomic E-state index is 0.156. The van der Waals surface area contributed by atoms with Gasteiger partial charge >= 0.3 is 5.97 Å². The molecule has 6 nitrogen and oxygen atoms in total. The Hall–Kier alpha value is -2.02. The lowest BCUT2D eigenvalue weighted by molar-refractivity contribution is -0.143. The van der Waals surface area contributed by atoms with Gasteiger partial charge in [-0.15, -0.1) is 11.8 Å². The van der Waals surface area contributed by atoms with Crippen LogP contribution in [0.1, 0.15) is 41.6 Å². The van der Waals surface area contributed by atoms with Crippen LogP contribution in [0.3, 0.4) is 0 Å². The van der Waals surface area contributed by atoms with E-state index in [0.717, 1.165) is 5.56 Å². The molecular weight excluding hydrogens is 328 g/mol. The molecule has 0 aliphatic carbocycles. The van der Waals surface area contributed by atoms with E-state index >= 15 is 0 Å². The first-order valence-electron chi connectivity index (χ1n) is 8.02. The Morgan fingerprint density at radius 3 is 2.79 bits per heavy atom. The number of amides is 2. The van der Waals surface area contributed by atoms with E-state index < -0.39 is 18.1 Å². The highest BCUT2D eigenvalue weighted by Crippen LogP contribution is 2.48. The first-order chi connectivity index (χ1) is 11.5. The number of benzene rings is 1. The Labute approximate surface area is 144 Å². The SMILES string of the molecule is CC[C@H](C)[C@H](NC(=O)[C@@H]1CS[C@@H]2c3ccccc3C(=O)N21)C(=O)O. The van der Waals surface area contributed by atoms with Gasteiger partial charge in [-0.05, 0) is 17.5 Å². The zero-order valence-corrected chi connectivity index (χ0v) is 14.4. The smallest absolute Gasteiger partial charge is 0.326 e. The van der Waals surface area contributed by atoms with Crippen LogP contribution in [0.4, 0.5) is 0 Å². The third-order valence-corrected chi connectivity index (χ3v) is 6.08. The van der Waals surface area contributed by atoms with E-state index in [1.807, 2.05) is 25.1 Å². The van der Waals surface area contributed by atoms with Crippen molar-refractivity contribution in [3.05, 3.63) is 35.4 Å². The molecule has 4 atom stereocenters. The van der Waals surface area contributed by atoms with Crippen molar-refractivity contribution in [2.45, 2.75) is 37.7 Å². The predicted octanol–water partition coefficient (Wildman–Crippen LogP) is 1.87. The molecule has 2 heterocycles. The Balaban J connectivity index is 1.79. The van der Waals surface area contributed by atoms with Crippen molar-refractivity contribution < 1.29 is 19.5 Å². The van der Waals surface area contributed by atoms with Crippen LogP contribution in [-0.2, 0) is 9.59 Å². The Morgan fingerprint density at radius 2 is 2.12 bits per heavy atom. The lowest BCUT2D eigenvalue weighted by Crippen LogP contribution is -2.53. The van der Waals surface area contributed by atoms with Gasteiger partial charge in [0.05, 0.1) is 0 Å². The molecule has 128 valence electrons. The summed E-state index contributed by atoms with van der Waals surface area (Å²) in [5.74, 6) is -1.29. The number of hydrogen-bond donors (Lipinski definition) is 2. The van der Waals surface area contributed by atoms with Gasteiger partial charge < -0.3 is 15.3 Å². The topological polar surface area (TPSA) is 86.7 Å². The van der Waals surface area contributed by atoms with Crippen LogP contribution in [0, 0.1) is 5.92 Å². The summed E-state index contributed by atoms with van der Waals surface area (Å²) in [6, 6.07) is 5.79. The van der Waals surface area contributed by atoms with Gasteiger partial charge in [0.25, 0.3) is 5.91 Å². The molecule has 7 heteroatoms. The first kappa shape index (κ1) is 16.8. The molecule has 1 fully saturated rings. The second kappa shape index (κ2) is 6.47. The maximum atomic E-state index is 12.6. The van der Waals surface area contributed by atoms with E-state index in [9.17, 15) is 19.5 Å². The molecule has 0 bridgehead atoms. The van der Waals surface area contributed by atoms with Crippen LogP contribution < -0.4 is 5.32 Å². The van der Waals surface area contributed by atoms with Crippen molar-refractivity contribution in [3.8, 4) is 0 Å². The van der Waals surface area contributed by atoms with Gasteiger partial charge in [-0.25, -0.2) is 4.79 Å². The number of hydrogen-bond acceptors (Lipinski definition) is 4. The van der Waals surface area contributed by atoms with E-state index in [4.69, 9.17) is 0 Å². The monoisotopic (exact) mass is 348 g/mol. The van der Waals surface area contributed by atoms with E-state index in [-0.39, 0.29) is 23.1 Å². The molecular formula is C17H20N2O4S. The van der Waals surface area contributed by atoms with E-state index in [1.165, 1.54) is 0 Å². The molecule has 0 aromatic heterocycles. The summed E-state index contributed by atoms with van der Waals surface area (Å²) >= 11 is 1.54. The minimum Gasteiger partial charge on any atom is -0.480 e. The third kappa shape index (κ3) is 2.66. The molecule has 2 aliphatic rings. The number of rotatable bonds is 5. The molecule has 2 amide bonds. The van der Waals surface area contributed by atoms with Crippen molar-refractivity contribution in [1.29, 1.82) is 0 Å². The summed E-state index contributed by atoms with van der Waals surface area (Å²) in [6.45, 7) is 3.68. The molecule has 2 aliphatic heterocycles. The lowest BCUT2D eigenvalue weighted by atomic mass is 9.99. The molecule has 3 rings (SSSR count). The van der Waals surface area contributed by atoms with Gasteiger partial charge in [-0.2, -0.15) is 0 Å². The summed E-state index contributed by atoms with van der Waals surface area (Å²) in [7, 11) is 0. The first-order valence-corrected chi connectivity index (χ1v) is 9.07. The van der Waals surface area contributed by atoms with Crippen molar-refractivity contribution in [2.75, 3.05) is 5.75 Å². The lowest BCUT2D eigenvalue weighted by Gasteiger charge is -2.26. The summed E-state index contributed by atoms with van der Waals surface area (Å²) < 4.78 is 0. The average Bonchev–Trinajstić information content (AvgIpc) is 3.12. The van der Waals surface area contributed by atoms with Crippen LogP contribution >= 0.6 is 11.8 Å². The minimum atomic E-state index is -1.05. The molecule has 0 unspecified atom stereocenters. The molecule has 2 N–H and O–H groups in total. The molecule has 0 spiro atoms. The molecule has 0 saturated carbocycles. The van der Waals surface area contributed by atoms with Crippen LogP contribution in [-0.4, -0.2) is 45.6 Å². The number of carbonyl (C=O) groups excluding carboxylic acids is 2. The van der Waals surface area contributed by atoms with Crippen LogP contribution in [0.15, 0.2) is 24.3 Å². The zero-order chi connectivity index (χ0) is 17.4. The molecule has 1 aromatic carbocycles. The summed E-state index contributed by atoms with van der Waals surface area (Å²) in [6.07, 6.45) is 0.646. The fourth-order valence-electron chi connectivity index (χ4n) is 3.17. The fourth-order valence-corrected chi connectivity index (χ4v) is 4.64. The van der Waals surface area contributed by atoms with Gasteiger partial charge in [0.15, 0.2) is 0 Å². The Kier molecular flexibility index (Phi) is 4.54. The quantitative estimate of drug-likeness (QED) is 0.848. The summed E-state index contributed by atoms with van der Waals surface area (Å²) in [5, 5.41) is 11.8. The van der Waals surface area contributed by atoms with Gasteiger partial charge in [0, 0.05) is 11.3 Å². The summed E-state index contributed by atoms with van der Waals surface area (Å²) in [4.78, 5) is 38.3. The van der Waals surface area contributed by atoms with E-state index in [0.29, 0.717) is 17.7 Å². The number of carboxylic acid groups (broad SMARTS) is 1. The van der Waals surface area contributed by atoms with Crippen molar-refractivity contribution in [1.82, 2.24) is 10.2 Å². The zero-order valence-electron chi connectivity index (χ0n) is 13.6. The molecule has 1 saturated heterocycles. The van der Waals surface area contributed by atoms with Gasteiger partial charge in [0.1, 0.15) is 17.5 Å². The third-order valence-electron chi connectivity index (χ3n) is 4.77. The van der Waals surface area contributed by atoms with Crippen molar-refractivity contribution in [3.63, 3.8) is 0 Å². The maximum absolute atomic E-state index is 12.6. The highest BCUT2D eigenvalue weighted by atomic mass is 32.2. The number of nitrogens with zero attached hydrogens (tertiary/aromatic N) is 1. The largest absolute Gasteiger partial charge is 0.480 e. The maximum Gasteiger partial charge on any atom is 0.326 e. The number of fused-ring (bicyclic) bond motifs is 3. The second-order valence-corrected chi connectivity index (χ2v) is 7.32. The number of aliphatic carboxylic acids is 1. The van der Waals surface area contributed by atoms with E-state index in [1.54, 1.807) is 29.7 Å². The van der Waals surface area contributed by atoms with Crippen molar-refractivity contribution in [2.24, 2.45) is 5.92 Å². The normalized spacial score (nSPS) is 24.2. The number of carbonyl (C=O) groups is 3. The Bertz CT molecular complexity index is 693. The summed E-state index contributed by atoms with van der Waals surface area (Å²) in [5.41, 5.74) is 1.56. The highest BCUT2D eigenvalue weighted by Gasteiger charge is 2.48. The van der Waals surface area contributed by atoms with Crippen LogP contribution in [0.5, 0.6) is 0 Å². The standard InChI is InChI=1S/C17H20N2O4S/c1-3-9(2)13(17(22)23)18-14(20)12-8-24-16-11-7-5-4-6-10(11)15(21)19(12)16/h4-7,9,12-13,16H,3,8H2,1-2H3,(H,18,20)(H,22,23)/t9-,12-,13-,16+/m0/s1. The molecule has 0 radical (unpaired) electrons. The number of carboxylic acids is 1. The van der Waals surface area contributed by atoms with E-state index in [2.05, 4.69) is 5.32 Å². The fraction of sp³-hybridized carbons (Fsp3) is 0.471. The van der Waals surface area contributed by atoms with Crippen LogP contribution in [0.25, 0.3) is 0 Å². The Morgan fingerprint density at radius 1 is 1.42 bits per heavy atom. The molecule has 24 heavy (non-hydrogen) atoms. The van der Waals surface area contributed by atoms with Gasteiger partial charge in [-0.1, -0.05) is 38.5 Å². The van der Waals surface area contributed by atoms with Gasteiger partial charge in [0.2, 0.25) is 5.91 Å². The average molecular weight is 348 g/mol. The second-order valence-electron chi connectivity index (χ2n) is 6.21. The van der Waals surface area contributed by atoms with Crippen LogP contribution in [0.2, 0.25) is 0 Å². The number of thioether (sulfide) groups is 1. The predicted molar refractivity (Wildman–Crippen MR) is 90.6 cm³/mol. The molecule has 1 aromatic rings. The highest BCUT2D eigenvalue weighted by molar-refractivity contribution is 7.99.